The van der Waals surface area contributed by atoms with Crippen LogP contribution in [0.3, 0.4) is 0 Å². The Morgan fingerprint density at radius 1 is 1.39 bits per heavy atom. The lowest BCUT2D eigenvalue weighted by atomic mass is 10.2. The first-order valence-corrected chi connectivity index (χ1v) is 6.12. The topological polar surface area (TPSA) is 45.4 Å². The van der Waals surface area contributed by atoms with E-state index in [4.69, 9.17) is 10.00 Å². The van der Waals surface area contributed by atoms with Gasteiger partial charge in [0, 0.05) is 7.05 Å². The monoisotopic (exact) mass is 244 g/mol. The maximum Gasteiger partial charge on any atom is 0.214 e. The number of para-hydroxylation sites is 1. The van der Waals surface area contributed by atoms with Crippen LogP contribution in [0.2, 0.25) is 0 Å². The van der Waals surface area contributed by atoms with Gasteiger partial charge in [-0.2, -0.15) is 5.26 Å². The first-order valence-electron chi connectivity index (χ1n) is 6.12. The molecular formula is C15H20N2O. The number of hydrogen-bond donors (Lipinski definition) is 0. The average Bonchev–Trinajstić information content (AvgIpc) is 2.46. The molecule has 0 fully saturated rings. The fraction of sp³-hybridized carbons (Fsp3) is 0.333. The van der Waals surface area contributed by atoms with Crippen LogP contribution in [0.1, 0.15) is 32.8 Å². The summed E-state index contributed by atoms with van der Waals surface area (Å²) in [5.41, 5.74) is 0.508. The molecule has 18 heavy (non-hydrogen) atoms. The summed E-state index contributed by atoms with van der Waals surface area (Å²) in [5.74, 6) is 1.04. The number of nitriles is 1. The van der Waals surface area contributed by atoms with E-state index < -0.39 is 0 Å². The Hall–Kier alpha value is -2.08. The molecule has 3 heteroatoms. The standard InChI is InChI=1S/C13H14N2O.C2H6/c1-3-4-9-13(15-2)16-12-8-6-5-7-11(12)10-14;1-2/h4-9H,3H2,1-2H3;1-2H3/b9-4-,15-13?;. The lowest BCUT2D eigenvalue weighted by Gasteiger charge is -2.05. The highest BCUT2D eigenvalue weighted by atomic mass is 16.5. The van der Waals surface area contributed by atoms with Crippen molar-refractivity contribution in [3.8, 4) is 11.8 Å². The van der Waals surface area contributed by atoms with Crippen molar-refractivity contribution in [2.24, 2.45) is 4.99 Å². The molecule has 0 heterocycles. The third-order valence-corrected chi connectivity index (χ3v) is 1.94. The molecule has 0 aromatic heterocycles. The molecule has 3 nitrogen and oxygen atoms in total. The number of ether oxygens (including phenoxy) is 1. The minimum Gasteiger partial charge on any atom is -0.438 e. The molecule has 96 valence electrons. The number of benzene rings is 1. The molecule has 0 unspecified atom stereocenters. The first-order chi connectivity index (χ1) is 8.81. The summed E-state index contributed by atoms with van der Waals surface area (Å²) >= 11 is 0. The summed E-state index contributed by atoms with van der Waals surface area (Å²) in [6, 6.07) is 9.17. The Balaban J connectivity index is 0.00000137. The van der Waals surface area contributed by atoms with Crippen molar-refractivity contribution in [3.63, 3.8) is 0 Å². The molecule has 0 saturated heterocycles. The summed E-state index contributed by atoms with van der Waals surface area (Å²) in [4.78, 5) is 3.99. The second kappa shape index (κ2) is 10.1. The Labute approximate surface area is 109 Å². The summed E-state index contributed by atoms with van der Waals surface area (Å²) in [5, 5.41) is 8.89. The second-order valence-electron chi connectivity index (χ2n) is 3.08. The highest BCUT2D eigenvalue weighted by Crippen LogP contribution is 2.17. The summed E-state index contributed by atoms with van der Waals surface area (Å²) in [6.07, 6.45) is 4.67. The number of rotatable bonds is 3. The van der Waals surface area contributed by atoms with Crippen molar-refractivity contribution in [1.29, 1.82) is 5.26 Å². The third kappa shape index (κ3) is 5.31. The summed E-state index contributed by atoms with van der Waals surface area (Å²) in [6.45, 7) is 6.03. The number of aliphatic imine (C=N–C) groups is 1. The van der Waals surface area contributed by atoms with Gasteiger partial charge in [0.1, 0.15) is 11.8 Å². The van der Waals surface area contributed by atoms with Crippen LogP contribution in [0.5, 0.6) is 5.75 Å². The maximum atomic E-state index is 8.89. The number of nitrogens with zero attached hydrogens (tertiary/aromatic N) is 2. The lowest BCUT2D eigenvalue weighted by Crippen LogP contribution is -2.05. The van der Waals surface area contributed by atoms with Gasteiger partial charge in [0.05, 0.1) is 5.56 Å². The molecule has 0 saturated carbocycles. The molecule has 0 aliphatic rings. The van der Waals surface area contributed by atoms with Crippen LogP contribution in [0.15, 0.2) is 41.4 Å². The molecular weight excluding hydrogens is 224 g/mol. The average molecular weight is 244 g/mol. The van der Waals surface area contributed by atoms with Crippen molar-refractivity contribution in [2.75, 3.05) is 7.05 Å². The van der Waals surface area contributed by atoms with Gasteiger partial charge in [0.2, 0.25) is 5.90 Å². The van der Waals surface area contributed by atoms with E-state index in [2.05, 4.69) is 11.1 Å². The van der Waals surface area contributed by atoms with Crippen molar-refractivity contribution in [2.45, 2.75) is 27.2 Å². The molecule has 0 atom stereocenters. The predicted octanol–water partition coefficient (Wildman–Crippen LogP) is 3.96. The fourth-order valence-corrected chi connectivity index (χ4v) is 1.13. The molecule has 0 aliphatic heterocycles. The molecule has 0 N–H and O–H groups in total. The first kappa shape index (κ1) is 15.9. The van der Waals surface area contributed by atoms with Crippen molar-refractivity contribution in [1.82, 2.24) is 0 Å². The smallest absolute Gasteiger partial charge is 0.214 e. The van der Waals surface area contributed by atoms with E-state index in [-0.39, 0.29) is 0 Å². The predicted molar refractivity (Wildman–Crippen MR) is 75.9 cm³/mol. The molecule has 0 bridgehead atoms. The van der Waals surface area contributed by atoms with Crippen LogP contribution in [0.4, 0.5) is 0 Å². The van der Waals surface area contributed by atoms with E-state index in [1.807, 2.05) is 32.9 Å². The largest absolute Gasteiger partial charge is 0.438 e. The lowest BCUT2D eigenvalue weighted by molar-refractivity contribution is 0.552. The third-order valence-electron chi connectivity index (χ3n) is 1.94. The van der Waals surface area contributed by atoms with Crippen LogP contribution >= 0.6 is 0 Å². The van der Waals surface area contributed by atoms with Gasteiger partial charge in [-0.1, -0.05) is 39.0 Å². The minimum absolute atomic E-state index is 0.504. The molecule has 1 aromatic carbocycles. The zero-order valence-corrected chi connectivity index (χ0v) is 11.5. The van der Waals surface area contributed by atoms with E-state index >= 15 is 0 Å². The summed E-state index contributed by atoms with van der Waals surface area (Å²) in [7, 11) is 1.66. The van der Waals surface area contributed by atoms with Crippen LogP contribution in [0.25, 0.3) is 0 Å². The van der Waals surface area contributed by atoms with Crippen molar-refractivity contribution >= 4 is 5.90 Å². The molecule has 1 aromatic rings. The van der Waals surface area contributed by atoms with E-state index in [1.165, 1.54) is 0 Å². The van der Waals surface area contributed by atoms with E-state index in [0.29, 0.717) is 17.2 Å². The Morgan fingerprint density at radius 3 is 2.61 bits per heavy atom. The van der Waals surface area contributed by atoms with Crippen LogP contribution < -0.4 is 4.74 Å². The Kier molecular flexibility index (Phi) is 8.93. The van der Waals surface area contributed by atoms with Gasteiger partial charge in [-0.3, -0.25) is 4.99 Å². The minimum atomic E-state index is 0.504. The zero-order chi connectivity index (χ0) is 13.8. The van der Waals surface area contributed by atoms with E-state index in [0.717, 1.165) is 6.42 Å². The van der Waals surface area contributed by atoms with Gasteiger partial charge in [0.15, 0.2) is 0 Å². The fourth-order valence-electron chi connectivity index (χ4n) is 1.13. The van der Waals surface area contributed by atoms with Gasteiger partial charge >= 0.3 is 0 Å². The van der Waals surface area contributed by atoms with Crippen LogP contribution in [-0.2, 0) is 0 Å². The number of allylic oxidation sites excluding steroid dienone is 1. The SMILES string of the molecule is CC.CC/C=C\C(=NC)Oc1ccccc1C#N. The van der Waals surface area contributed by atoms with Gasteiger partial charge in [0.25, 0.3) is 0 Å². The summed E-state index contributed by atoms with van der Waals surface area (Å²) < 4.78 is 5.53. The molecule has 1 rings (SSSR count). The van der Waals surface area contributed by atoms with Crippen LogP contribution in [0, 0.1) is 11.3 Å². The zero-order valence-electron chi connectivity index (χ0n) is 11.5. The number of hydrogen-bond acceptors (Lipinski definition) is 3. The van der Waals surface area contributed by atoms with Gasteiger partial charge in [-0.15, -0.1) is 0 Å². The highest BCUT2D eigenvalue weighted by molar-refractivity contribution is 5.89. The van der Waals surface area contributed by atoms with E-state index in [9.17, 15) is 0 Å². The Bertz CT molecular complexity index is 442. The van der Waals surface area contributed by atoms with Gasteiger partial charge < -0.3 is 4.74 Å². The maximum absolute atomic E-state index is 8.89. The normalized spacial score (nSPS) is 10.5. The van der Waals surface area contributed by atoms with Crippen molar-refractivity contribution < 1.29 is 4.74 Å². The van der Waals surface area contributed by atoms with E-state index in [1.54, 1.807) is 31.3 Å². The Morgan fingerprint density at radius 2 is 2.06 bits per heavy atom. The molecule has 0 spiro atoms. The molecule has 0 amide bonds. The van der Waals surface area contributed by atoms with Gasteiger partial charge in [-0.05, 0) is 24.6 Å². The second-order valence-corrected chi connectivity index (χ2v) is 3.08. The van der Waals surface area contributed by atoms with Crippen molar-refractivity contribution in [3.05, 3.63) is 42.0 Å². The molecule has 0 radical (unpaired) electrons. The quantitative estimate of drug-likeness (QED) is 0.596. The highest BCUT2D eigenvalue weighted by Gasteiger charge is 2.03. The van der Waals surface area contributed by atoms with Gasteiger partial charge in [-0.25, -0.2) is 0 Å². The van der Waals surface area contributed by atoms with Crippen LogP contribution in [-0.4, -0.2) is 12.9 Å². The molecule has 0 aliphatic carbocycles.